The topological polar surface area (TPSA) is 148 Å². The quantitative estimate of drug-likeness (QED) is 0.154. The maximum absolute atomic E-state index is 13.2. The molecule has 2 aliphatic heterocycles. The Morgan fingerprint density at radius 1 is 0.791 bits per heavy atom. The minimum atomic E-state index is -0.877. The van der Waals surface area contributed by atoms with Gasteiger partial charge in [-0.25, -0.2) is 19.2 Å². The lowest BCUT2D eigenvalue weighted by molar-refractivity contribution is -0.155. The summed E-state index contributed by atoms with van der Waals surface area (Å²) in [6.07, 6.45) is 9.66. The van der Waals surface area contributed by atoms with Crippen molar-refractivity contribution in [2.24, 2.45) is 23.7 Å². The van der Waals surface area contributed by atoms with Crippen LogP contribution in [-0.4, -0.2) is 88.1 Å². The van der Waals surface area contributed by atoms with Crippen molar-refractivity contribution in [1.82, 2.24) is 10.6 Å². The zero-order chi connectivity index (χ0) is 30.9. The van der Waals surface area contributed by atoms with Gasteiger partial charge in [0.15, 0.2) is 0 Å². The molecule has 2 saturated heterocycles. The molecule has 0 spiro atoms. The number of fused-ring (bicyclic) bond motifs is 2. The molecule has 3 unspecified atom stereocenters. The van der Waals surface area contributed by atoms with Crippen LogP contribution >= 0.6 is 0 Å². The predicted octanol–water partition coefficient (Wildman–Crippen LogP) is 3.66. The van der Waals surface area contributed by atoms with Gasteiger partial charge in [0, 0.05) is 11.8 Å². The Labute approximate surface area is 253 Å². The van der Waals surface area contributed by atoms with Crippen LogP contribution in [0.2, 0.25) is 0 Å². The summed E-state index contributed by atoms with van der Waals surface area (Å²) in [5.74, 6) is -1.16. The third kappa shape index (κ3) is 8.62. The standard InChI is InChI=1S/C31H48N2O10/c1-18-16-22(20-10-5-6-12-24(20)42-18)26(32-30(36)38-3)28(34)40-14-7-8-15-41-29(35)27(33-31(37)39-4)23-17-19(2)43-25-13-9-11-21(23)25/h5,10,18-27H,6-9,11-17H2,1-4H3,(H,32,36)(H,33,37)/t18-,19-,20+,21+,22?,23?,24+,25+,26?,27+/m1/s1. The number of esters is 2. The summed E-state index contributed by atoms with van der Waals surface area (Å²) in [5, 5.41) is 5.40. The van der Waals surface area contributed by atoms with Gasteiger partial charge in [0.2, 0.25) is 0 Å². The number of alkyl carbamates (subject to hydrolysis) is 2. The van der Waals surface area contributed by atoms with E-state index in [1.165, 1.54) is 14.2 Å². The first-order chi connectivity index (χ1) is 20.7. The average Bonchev–Trinajstić information content (AvgIpc) is 3.47. The Morgan fingerprint density at radius 3 is 1.95 bits per heavy atom. The molecular formula is C31H48N2O10. The minimum Gasteiger partial charge on any atom is -0.464 e. The summed E-state index contributed by atoms with van der Waals surface area (Å²) in [4.78, 5) is 50.7. The molecule has 2 N–H and O–H groups in total. The van der Waals surface area contributed by atoms with Crippen LogP contribution in [0.5, 0.6) is 0 Å². The minimum absolute atomic E-state index is 0.00965. The molecule has 10 atom stereocenters. The van der Waals surface area contributed by atoms with Crippen molar-refractivity contribution in [3.8, 4) is 0 Å². The summed E-state index contributed by atoms with van der Waals surface area (Å²) < 4.78 is 33.0. The van der Waals surface area contributed by atoms with Crippen molar-refractivity contribution in [2.75, 3.05) is 27.4 Å². The maximum Gasteiger partial charge on any atom is 0.407 e. The first-order valence-corrected chi connectivity index (χ1v) is 15.7. The van der Waals surface area contributed by atoms with Crippen LogP contribution in [0, 0.1) is 23.7 Å². The van der Waals surface area contributed by atoms with Crippen LogP contribution in [0.3, 0.4) is 0 Å². The molecule has 2 amide bonds. The molecule has 0 aromatic heterocycles. The molecule has 43 heavy (non-hydrogen) atoms. The fourth-order valence-corrected chi connectivity index (χ4v) is 7.35. The highest BCUT2D eigenvalue weighted by Crippen LogP contribution is 2.43. The summed E-state index contributed by atoms with van der Waals surface area (Å²) >= 11 is 0. The summed E-state index contributed by atoms with van der Waals surface area (Å²) in [6, 6.07) is -1.70. The Hall–Kier alpha value is -2.86. The van der Waals surface area contributed by atoms with Crippen molar-refractivity contribution in [3.63, 3.8) is 0 Å². The first-order valence-electron chi connectivity index (χ1n) is 15.7. The van der Waals surface area contributed by atoms with Crippen molar-refractivity contribution in [1.29, 1.82) is 0 Å². The van der Waals surface area contributed by atoms with Gasteiger partial charge in [-0.1, -0.05) is 18.6 Å². The third-order valence-corrected chi connectivity index (χ3v) is 9.28. The van der Waals surface area contributed by atoms with Gasteiger partial charge in [0.1, 0.15) is 12.1 Å². The number of nitrogens with one attached hydrogen (secondary N) is 2. The van der Waals surface area contributed by atoms with Gasteiger partial charge < -0.3 is 39.1 Å². The molecule has 242 valence electrons. The monoisotopic (exact) mass is 608 g/mol. The lowest BCUT2D eigenvalue weighted by Crippen LogP contribution is -2.54. The molecule has 12 heteroatoms. The fourth-order valence-electron chi connectivity index (χ4n) is 7.35. The Bertz CT molecular complexity index is 1010. The highest BCUT2D eigenvalue weighted by atomic mass is 16.6. The zero-order valence-corrected chi connectivity index (χ0v) is 25.8. The van der Waals surface area contributed by atoms with Gasteiger partial charge in [0.25, 0.3) is 0 Å². The van der Waals surface area contributed by atoms with Crippen LogP contribution < -0.4 is 10.6 Å². The predicted molar refractivity (Wildman–Crippen MR) is 154 cm³/mol. The number of hydrogen-bond donors (Lipinski definition) is 2. The van der Waals surface area contributed by atoms with E-state index in [4.69, 9.17) is 28.4 Å². The van der Waals surface area contributed by atoms with Gasteiger partial charge in [-0.2, -0.15) is 0 Å². The summed E-state index contributed by atoms with van der Waals surface area (Å²) in [7, 11) is 2.52. The van der Waals surface area contributed by atoms with Crippen molar-refractivity contribution < 1.29 is 47.6 Å². The van der Waals surface area contributed by atoms with Crippen LogP contribution in [0.4, 0.5) is 9.59 Å². The van der Waals surface area contributed by atoms with Crippen LogP contribution in [0.1, 0.15) is 71.6 Å². The largest absolute Gasteiger partial charge is 0.464 e. The molecule has 0 aromatic rings. The van der Waals surface area contributed by atoms with E-state index in [2.05, 4.69) is 22.8 Å². The highest BCUT2D eigenvalue weighted by molar-refractivity contribution is 5.82. The van der Waals surface area contributed by atoms with Crippen LogP contribution in [0.25, 0.3) is 0 Å². The Morgan fingerprint density at radius 2 is 1.35 bits per heavy atom. The van der Waals surface area contributed by atoms with Crippen LogP contribution in [-0.2, 0) is 38.0 Å². The number of methoxy groups -OCH3 is 2. The van der Waals surface area contributed by atoms with E-state index in [9.17, 15) is 19.2 Å². The Kier molecular flexibility index (Phi) is 12.1. The van der Waals surface area contributed by atoms with Gasteiger partial charge >= 0.3 is 24.1 Å². The lowest BCUT2D eigenvalue weighted by Gasteiger charge is -2.43. The molecule has 3 fully saturated rings. The second kappa shape index (κ2) is 15.7. The number of rotatable bonds is 11. The molecule has 0 radical (unpaired) electrons. The molecule has 0 aromatic carbocycles. The molecule has 1 saturated carbocycles. The maximum atomic E-state index is 13.2. The fraction of sp³-hybridized carbons (Fsp3) is 0.806. The molecule has 4 aliphatic rings. The number of amides is 2. The summed E-state index contributed by atoms with van der Waals surface area (Å²) in [5.41, 5.74) is 0. The van der Waals surface area contributed by atoms with E-state index in [0.717, 1.165) is 32.1 Å². The summed E-state index contributed by atoms with van der Waals surface area (Å²) in [6.45, 7) is 4.17. The second-order valence-electron chi connectivity index (χ2n) is 12.2. The smallest absolute Gasteiger partial charge is 0.407 e. The number of unbranched alkanes of at least 4 members (excludes halogenated alkanes) is 1. The van der Waals surface area contributed by atoms with Gasteiger partial charge in [-0.15, -0.1) is 0 Å². The molecule has 0 bridgehead atoms. The van der Waals surface area contributed by atoms with Crippen molar-refractivity contribution in [3.05, 3.63) is 12.2 Å². The normalized spacial score (nSPS) is 32.7. The Balaban J connectivity index is 1.27. The number of allylic oxidation sites excluding steroid dienone is 1. The van der Waals surface area contributed by atoms with Gasteiger partial charge in [-0.3, -0.25) is 0 Å². The SMILES string of the molecule is COC(=O)NC(C(=O)OCCCCOC(=O)[C@@H](NC(=O)OC)C1C[C@@H](C)O[C@H]2CCC[C@@H]12)C1C[C@@H](C)O[C@H]2CCC=C[C@@H]12. The van der Waals surface area contributed by atoms with E-state index in [1.807, 2.05) is 13.8 Å². The van der Waals surface area contributed by atoms with Crippen molar-refractivity contribution in [2.45, 2.75) is 108 Å². The molecule has 4 rings (SSSR count). The highest BCUT2D eigenvalue weighted by Gasteiger charge is 2.47. The second-order valence-corrected chi connectivity index (χ2v) is 12.2. The first kappa shape index (κ1) is 33.0. The van der Waals surface area contributed by atoms with Gasteiger partial charge in [0.05, 0.1) is 51.8 Å². The number of ether oxygens (including phenoxy) is 6. The number of carbonyl (C=O) groups excluding carboxylic acids is 4. The van der Waals surface area contributed by atoms with E-state index in [-0.39, 0.29) is 61.3 Å². The zero-order valence-electron chi connectivity index (χ0n) is 25.8. The van der Waals surface area contributed by atoms with E-state index >= 15 is 0 Å². The lowest BCUT2D eigenvalue weighted by atomic mass is 9.73. The van der Waals surface area contributed by atoms with E-state index in [0.29, 0.717) is 25.7 Å². The van der Waals surface area contributed by atoms with E-state index < -0.39 is 36.2 Å². The number of hydrogen-bond acceptors (Lipinski definition) is 10. The van der Waals surface area contributed by atoms with Gasteiger partial charge in [-0.05, 0) is 77.0 Å². The number of carbonyl (C=O) groups is 4. The average molecular weight is 609 g/mol. The van der Waals surface area contributed by atoms with E-state index in [1.54, 1.807) is 0 Å². The van der Waals surface area contributed by atoms with Crippen molar-refractivity contribution >= 4 is 24.1 Å². The third-order valence-electron chi connectivity index (χ3n) is 9.28. The molecule has 2 aliphatic carbocycles. The molecule has 12 nitrogen and oxygen atoms in total. The molecular weight excluding hydrogens is 560 g/mol. The molecule has 2 heterocycles. The van der Waals surface area contributed by atoms with Crippen LogP contribution in [0.15, 0.2) is 12.2 Å².